The summed E-state index contributed by atoms with van der Waals surface area (Å²) in [6.45, 7) is 33.7. The number of methoxy groups -OCH3 is 1. The van der Waals surface area contributed by atoms with E-state index in [4.69, 9.17) is 27.5 Å². The van der Waals surface area contributed by atoms with Crippen molar-refractivity contribution in [2.24, 2.45) is 0 Å². The molecule has 0 amide bonds. The van der Waals surface area contributed by atoms with Crippen molar-refractivity contribution in [1.29, 1.82) is 0 Å². The summed E-state index contributed by atoms with van der Waals surface area (Å²) in [5, 5.41) is 14.6. The lowest BCUT2D eigenvalue weighted by atomic mass is 9.99. The normalized spacial score (nSPS) is 15.8. The van der Waals surface area contributed by atoms with Gasteiger partial charge in [-0.05, 0) is 109 Å². The summed E-state index contributed by atoms with van der Waals surface area (Å²) in [5.74, 6) is 0. The summed E-state index contributed by atoms with van der Waals surface area (Å²) < 4.78 is 40.0. The van der Waals surface area contributed by atoms with Crippen LogP contribution in [0.4, 0.5) is 0 Å². The molecule has 0 fully saturated rings. The standard InChI is InChI=1S/C56H94O7Si3/c1-16-17-33-47(61-66(56(8,9)10,48-35-25-20-26-36-48)49-37-27-21-28-38-49)34-24-19-29-39-51(60-45-58-11)50(57)41-42-53(63-65(14,15)55(5,6)7)52(62-64(12,13)54(2,3)4)40-30-43-59-44-46-31-22-18-23-32-46/h18,20-23,25-29,31-32,35-39,47,50-53,57H,16-17,19,24,30,33-34,40-45H2,1-15H3/b39-29+/t47-,50-,51+,52+,53+/m0/s1. The van der Waals surface area contributed by atoms with Crippen LogP contribution in [0.15, 0.2) is 103 Å². The molecule has 1 N–H and O–H groups in total. The zero-order valence-electron chi connectivity index (χ0n) is 44.3. The Morgan fingerprint density at radius 3 is 1.58 bits per heavy atom. The van der Waals surface area contributed by atoms with Crippen LogP contribution in [0.25, 0.3) is 0 Å². The number of aliphatic hydroxyl groups is 1. The Kier molecular flexibility index (Phi) is 24.0. The fourth-order valence-electron chi connectivity index (χ4n) is 8.17. The molecule has 372 valence electrons. The molecule has 0 aliphatic carbocycles. The zero-order valence-corrected chi connectivity index (χ0v) is 47.3. The van der Waals surface area contributed by atoms with E-state index in [1.165, 1.54) is 15.9 Å². The van der Waals surface area contributed by atoms with Gasteiger partial charge in [-0.2, -0.15) is 0 Å². The van der Waals surface area contributed by atoms with Crippen LogP contribution in [-0.4, -0.2) is 81.1 Å². The van der Waals surface area contributed by atoms with Crippen LogP contribution in [0.2, 0.25) is 41.3 Å². The number of unbranched alkanes of at least 4 members (excludes halogenated alkanes) is 2. The van der Waals surface area contributed by atoms with Crippen molar-refractivity contribution < 1.29 is 32.6 Å². The van der Waals surface area contributed by atoms with E-state index in [0.717, 1.165) is 51.4 Å². The molecule has 3 aromatic carbocycles. The van der Waals surface area contributed by atoms with Crippen LogP contribution in [0.5, 0.6) is 0 Å². The maximum Gasteiger partial charge on any atom is 0.261 e. The van der Waals surface area contributed by atoms with Crippen molar-refractivity contribution in [3.05, 3.63) is 109 Å². The van der Waals surface area contributed by atoms with Crippen LogP contribution in [0.3, 0.4) is 0 Å². The summed E-state index contributed by atoms with van der Waals surface area (Å²) in [7, 11) is -5.48. The molecule has 0 aliphatic heterocycles. The highest BCUT2D eigenvalue weighted by molar-refractivity contribution is 6.99. The Morgan fingerprint density at radius 2 is 1.09 bits per heavy atom. The second-order valence-electron chi connectivity index (χ2n) is 22.6. The van der Waals surface area contributed by atoms with Crippen molar-refractivity contribution in [3.8, 4) is 0 Å². The van der Waals surface area contributed by atoms with Crippen molar-refractivity contribution in [1.82, 2.24) is 0 Å². The van der Waals surface area contributed by atoms with E-state index < -0.39 is 37.2 Å². The zero-order chi connectivity index (χ0) is 49.1. The van der Waals surface area contributed by atoms with Gasteiger partial charge < -0.3 is 32.6 Å². The average Bonchev–Trinajstić information content (AvgIpc) is 3.25. The van der Waals surface area contributed by atoms with Crippen molar-refractivity contribution in [2.75, 3.05) is 20.5 Å². The van der Waals surface area contributed by atoms with Gasteiger partial charge in [0.25, 0.3) is 8.32 Å². The third-order valence-corrected chi connectivity index (χ3v) is 28.3. The number of aliphatic hydroxyl groups excluding tert-OH is 1. The first-order chi connectivity index (χ1) is 31.0. The van der Waals surface area contributed by atoms with Crippen LogP contribution in [0.1, 0.15) is 139 Å². The molecule has 66 heavy (non-hydrogen) atoms. The van der Waals surface area contributed by atoms with Gasteiger partial charge in [0.2, 0.25) is 0 Å². The molecular formula is C56H94O7Si3. The lowest BCUT2D eigenvalue weighted by Crippen LogP contribution is -2.67. The molecule has 0 aromatic heterocycles. The second-order valence-corrected chi connectivity index (χ2v) is 36.4. The quantitative estimate of drug-likeness (QED) is 0.0309. The van der Waals surface area contributed by atoms with Crippen LogP contribution in [0, 0.1) is 0 Å². The van der Waals surface area contributed by atoms with E-state index >= 15 is 0 Å². The summed E-state index contributed by atoms with van der Waals surface area (Å²) in [5.41, 5.74) is 1.18. The molecule has 0 saturated carbocycles. The van der Waals surface area contributed by atoms with Gasteiger partial charge in [-0.3, -0.25) is 0 Å². The molecule has 0 aliphatic rings. The molecule has 0 heterocycles. The maximum atomic E-state index is 12.0. The average molecular weight is 964 g/mol. The van der Waals surface area contributed by atoms with Crippen molar-refractivity contribution >= 4 is 35.3 Å². The highest BCUT2D eigenvalue weighted by Crippen LogP contribution is 2.42. The number of hydrogen-bond acceptors (Lipinski definition) is 7. The number of rotatable bonds is 30. The maximum absolute atomic E-state index is 12.0. The molecule has 0 bridgehead atoms. The largest absolute Gasteiger partial charge is 0.411 e. The highest BCUT2D eigenvalue weighted by atomic mass is 28.4. The van der Waals surface area contributed by atoms with Crippen LogP contribution in [-0.2, 0) is 34.1 Å². The van der Waals surface area contributed by atoms with Gasteiger partial charge in [-0.1, -0.05) is 185 Å². The molecular weight excluding hydrogens is 869 g/mol. The van der Waals surface area contributed by atoms with E-state index in [-0.39, 0.29) is 40.2 Å². The Labute approximate surface area is 407 Å². The lowest BCUT2D eigenvalue weighted by molar-refractivity contribution is -0.0973. The topological polar surface area (TPSA) is 75.6 Å². The van der Waals surface area contributed by atoms with Gasteiger partial charge >= 0.3 is 0 Å². The van der Waals surface area contributed by atoms with Gasteiger partial charge in [0.05, 0.1) is 24.9 Å². The number of ether oxygens (including phenoxy) is 3. The monoisotopic (exact) mass is 963 g/mol. The minimum atomic E-state index is -2.68. The first-order valence-corrected chi connectivity index (χ1v) is 32.9. The fraction of sp³-hybridized carbons (Fsp3) is 0.643. The molecule has 0 spiro atoms. The summed E-state index contributed by atoms with van der Waals surface area (Å²) in [4.78, 5) is 0. The summed E-state index contributed by atoms with van der Waals surface area (Å²) in [6.07, 6.45) is 11.7. The fourth-order valence-corrected chi connectivity index (χ4v) is 15.7. The Morgan fingerprint density at radius 1 is 0.591 bits per heavy atom. The summed E-state index contributed by atoms with van der Waals surface area (Å²) >= 11 is 0. The predicted octanol–water partition coefficient (Wildman–Crippen LogP) is 13.8. The highest BCUT2D eigenvalue weighted by Gasteiger charge is 2.51. The Hall–Kier alpha value is -2.23. The third kappa shape index (κ3) is 17.9. The van der Waals surface area contributed by atoms with E-state index in [0.29, 0.717) is 26.1 Å². The van der Waals surface area contributed by atoms with Crippen LogP contribution < -0.4 is 10.4 Å². The minimum Gasteiger partial charge on any atom is -0.411 e. The molecule has 0 saturated heterocycles. The first kappa shape index (κ1) is 58.1. The van der Waals surface area contributed by atoms with Crippen LogP contribution >= 0.6 is 0 Å². The molecule has 5 atom stereocenters. The molecule has 3 aromatic rings. The van der Waals surface area contributed by atoms with Gasteiger partial charge in [-0.25, -0.2) is 0 Å². The Balaban J connectivity index is 1.82. The molecule has 0 unspecified atom stereocenters. The second kappa shape index (κ2) is 27.2. The SMILES string of the molecule is CCCC[C@@H](CCC/C=C/[C@@H](OCOC)[C@@H](O)CC[C@@H](O[Si](C)(C)C(C)(C)C)[C@@H](CCCOCc1ccccc1)O[Si](C)(C)C(C)(C)C)O[Si](c1ccccc1)(c1ccccc1)C(C)(C)C. The van der Waals surface area contributed by atoms with Gasteiger partial charge in [-0.15, -0.1) is 0 Å². The van der Waals surface area contributed by atoms with Crippen molar-refractivity contribution in [2.45, 2.75) is 212 Å². The van der Waals surface area contributed by atoms with Crippen molar-refractivity contribution in [3.63, 3.8) is 0 Å². The minimum absolute atomic E-state index is 0.0111. The predicted molar refractivity (Wildman–Crippen MR) is 286 cm³/mol. The van der Waals surface area contributed by atoms with E-state index in [2.05, 4.69) is 186 Å². The summed E-state index contributed by atoms with van der Waals surface area (Å²) in [6, 6.07) is 32.3. The molecule has 0 radical (unpaired) electrons. The molecule has 7 nitrogen and oxygen atoms in total. The van der Waals surface area contributed by atoms with E-state index in [9.17, 15) is 5.11 Å². The van der Waals surface area contributed by atoms with E-state index in [1.807, 2.05) is 12.1 Å². The number of benzene rings is 3. The lowest BCUT2D eigenvalue weighted by Gasteiger charge is -2.45. The first-order valence-electron chi connectivity index (χ1n) is 25.2. The van der Waals surface area contributed by atoms with Gasteiger partial charge in [0.1, 0.15) is 12.9 Å². The van der Waals surface area contributed by atoms with Gasteiger partial charge in [0, 0.05) is 19.8 Å². The van der Waals surface area contributed by atoms with E-state index in [1.54, 1.807) is 7.11 Å². The van der Waals surface area contributed by atoms with Gasteiger partial charge in [0.15, 0.2) is 16.6 Å². The molecule has 10 heteroatoms. The Bertz CT molecular complexity index is 1730. The smallest absolute Gasteiger partial charge is 0.261 e. The third-order valence-electron chi connectivity index (χ3n) is 14.2. The molecule has 3 rings (SSSR count). The number of hydrogen-bond donors (Lipinski definition) is 1. The number of allylic oxidation sites excluding steroid dienone is 1.